The maximum atomic E-state index is 13.9. The molecule has 0 bridgehead atoms. The molecule has 5 nitrogen and oxygen atoms in total. The third kappa shape index (κ3) is 6.00. The van der Waals surface area contributed by atoms with Crippen molar-refractivity contribution in [3.05, 3.63) is 145 Å². The summed E-state index contributed by atoms with van der Waals surface area (Å²) in [6, 6.07) is 40.8. The van der Waals surface area contributed by atoms with E-state index in [2.05, 4.69) is 65.6 Å². The van der Waals surface area contributed by atoms with E-state index in [-0.39, 0.29) is 31.3 Å². The van der Waals surface area contributed by atoms with E-state index in [4.69, 9.17) is 9.40 Å². The molecule has 7 heteroatoms. The predicted molar refractivity (Wildman–Crippen MR) is 178 cm³/mol. The van der Waals surface area contributed by atoms with Gasteiger partial charge in [-0.05, 0) is 42.1 Å². The molecule has 4 aromatic carbocycles. The molecule has 0 spiro atoms. The molecule has 0 saturated carbocycles. The van der Waals surface area contributed by atoms with Crippen molar-refractivity contribution in [2.45, 2.75) is 26.2 Å². The van der Waals surface area contributed by atoms with Crippen LogP contribution in [0.1, 0.15) is 26.5 Å². The number of hydrogen-bond donors (Lipinski definition) is 0. The van der Waals surface area contributed by atoms with Gasteiger partial charge in [0.05, 0.1) is 28.6 Å². The van der Waals surface area contributed by atoms with Crippen molar-refractivity contribution < 1.29 is 28.9 Å². The number of imidazole rings is 1. The number of para-hydroxylation sites is 1. The Morgan fingerprint density at radius 2 is 1.59 bits per heavy atom. The standard InChI is InChI=1S/C28H21FN3O.C11H8N.Ir/c1-28(2,3)25-15-23-22(16-30-25)31-27(32(23)18-8-5-4-6-9-18)21-11-7-10-20-19-13-12-17(29)14-24(19)33-26(20)21;1-2-6-10(7-3-1)11-8-4-5-9-12-11;/h4-10,12-16H,1-3H3;1-6,8-9H;/q2*-1;. The molecule has 4 aromatic heterocycles. The monoisotopic (exact) mass is 781 g/mol. The fraction of sp³-hybridized carbons (Fsp3) is 0.103. The maximum absolute atomic E-state index is 13.9. The summed E-state index contributed by atoms with van der Waals surface area (Å²) in [5.74, 6) is 0.374. The normalized spacial score (nSPS) is 11.3. The van der Waals surface area contributed by atoms with Gasteiger partial charge in [-0.15, -0.1) is 54.1 Å². The fourth-order valence-electron chi connectivity index (χ4n) is 5.35. The van der Waals surface area contributed by atoms with Crippen molar-refractivity contribution in [1.82, 2.24) is 19.5 Å². The zero-order valence-electron chi connectivity index (χ0n) is 25.5. The van der Waals surface area contributed by atoms with E-state index >= 15 is 0 Å². The molecule has 0 aliphatic heterocycles. The largest absolute Gasteiger partial charge is 0.500 e. The second-order valence-electron chi connectivity index (χ2n) is 11.7. The SMILES string of the molecule is CC(C)(C)c1cc2c(cn1)nc(-c1[c-]ccc3c1oc1cc(F)ccc13)n2-c1ccccc1.[Ir].[c-]1ccccc1-c1ccccn1. The van der Waals surface area contributed by atoms with Gasteiger partial charge >= 0.3 is 0 Å². The molecule has 4 heterocycles. The summed E-state index contributed by atoms with van der Waals surface area (Å²) >= 11 is 0. The van der Waals surface area contributed by atoms with Gasteiger partial charge in [-0.2, -0.15) is 0 Å². The number of halogens is 1. The quantitative estimate of drug-likeness (QED) is 0.168. The third-order valence-corrected chi connectivity index (χ3v) is 7.59. The van der Waals surface area contributed by atoms with Crippen LogP contribution >= 0.6 is 0 Å². The van der Waals surface area contributed by atoms with Gasteiger partial charge in [0.2, 0.25) is 0 Å². The van der Waals surface area contributed by atoms with Crippen LogP contribution in [0.4, 0.5) is 4.39 Å². The molecule has 0 fully saturated rings. The van der Waals surface area contributed by atoms with Crippen LogP contribution in [-0.4, -0.2) is 19.5 Å². The zero-order chi connectivity index (χ0) is 31.0. The van der Waals surface area contributed by atoms with Gasteiger partial charge in [0.1, 0.15) is 11.4 Å². The van der Waals surface area contributed by atoms with E-state index in [1.54, 1.807) is 12.3 Å². The van der Waals surface area contributed by atoms with E-state index in [9.17, 15) is 4.39 Å². The summed E-state index contributed by atoms with van der Waals surface area (Å²) in [5, 5.41) is 1.76. The number of pyridine rings is 2. The van der Waals surface area contributed by atoms with E-state index < -0.39 is 0 Å². The molecule has 229 valence electrons. The molecular weight excluding hydrogens is 752 g/mol. The molecule has 0 N–H and O–H groups in total. The van der Waals surface area contributed by atoms with Gasteiger partial charge in [0.25, 0.3) is 0 Å². The summed E-state index contributed by atoms with van der Waals surface area (Å²) in [5.41, 5.74) is 7.48. The van der Waals surface area contributed by atoms with Crippen molar-refractivity contribution >= 4 is 33.0 Å². The number of furan rings is 1. The van der Waals surface area contributed by atoms with Crippen LogP contribution < -0.4 is 0 Å². The van der Waals surface area contributed by atoms with Gasteiger partial charge in [0.15, 0.2) is 0 Å². The van der Waals surface area contributed by atoms with Crippen molar-refractivity contribution in [3.8, 4) is 28.3 Å². The number of rotatable bonds is 3. The second kappa shape index (κ2) is 12.8. The minimum atomic E-state index is -0.329. The van der Waals surface area contributed by atoms with E-state index in [1.807, 2.05) is 79.0 Å². The minimum Gasteiger partial charge on any atom is -0.500 e. The van der Waals surface area contributed by atoms with Crippen molar-refractivity contribution in [2.75, 3.05) is 0 Å². The van der Waals surface area contributed by atoms with Gasteiger partial charge in [-0.25, -0.2) is 4.39 Å². The van der Waals surface area contributed by atoms with Crippen LogP contribution in [0.3, 0.4) is 0 Å². The molecule has 0 unspecified atom stereocenters. The van der Waals surface area contributed by atoms with E-state index in [0.29, 0.717) is 17.0 Å². The molecule has 8 rings (SSSR count). The summed E-state index contributed by atoms with van der Waals surface area (Å²) in [7, 11) is 0. The molecule has 0 aliphatic carbocycles. The summed E-state index contributed by atoms with van der Waals surface area (Å²) < 4.78 is 22.1. The van der Waals surface area contributed by atoms with E-state index in [0.717, 1.165) is 50.0 Å². The first kappa shape index (κ1) is 31.0. The number of hydrogen-bond acceptors (Lipinski definition) is 4. The minimum absolute atomic E-state index is 0. The van der Waals surface area contributed by atoms with Crippen molar-refractivity contribution in [1.29, 1.82) is 0 Å². The first-order valence-electron chi connectivity index (χ1n) is 14.7. The Morgan fingerprint density at radius 3 is 2.33 bits per heavy atom. The number of aromatic nitrogens is 4. The van der Waals surface area contributed by atoms with Crippen molar-refractivity contribution in [2.24, 2.45) is 0 Å². The molecule has 46 heavy (non-hydrogen) atoms. The van der Waals surface area contributed by atoms with Gasteiger partial charge in [-0.1, -0.05) is 62.1 Å². The zero-order valence-corrected chi connectivity index (χ0v) is 27.9. The Morgan fingerprint density at radius 1 is 0.783 bits per heavy atom. The Balaban J connectivity index is 0.000000241. The molecule has 0 aliphatic rings. The second-order valence-corrected chi connectivity index (χ2v) is 11.7. The van der Waals surface area contributed by atoms with Crippen LogP contribution in [0, 0.1) is 17.9 Å². The molecular formula is C39H29FIrN4O-2. The summed E-state index contributed by atoms with van der Waals surface area (Å²) in [6.45, 7) is 6.44. The first-order chi connectivity index (χ1) is 21.9. The Hall–Kier alpha value is -4.97. The number of fused-ring (bicyclic) bond motifs is 4. The maximum Gasteiger partial charge on any atom is 0.126 e. The smallest absolute Gasteiger partial charge is 0.126 e. The van der Waals surface area contributed by atoms with Gasteiger partial charge in [-0.3, -0.25) is 9.97 Å². The predicted octanol–water partition coefficient (Wildman–Crippen LogP) is 9.77. The first-order valence-corrected chi connectivity index (χ1v) is 14.7. The molecule has 0 saturated heterocycles. The topological polar surface area (TPSA) is 56.7 Å². The molecule has 0 atom stereocenters. The van der Waals surface area contributed by atoms with Crippen LogP contribution in [0.2, 0.25) is 0 Å². The Kier molecular flexibility index (Phi) is 8.63. The molecule has 0 amide bonds. The van der Waals surface area contributed by atoms with Crippen LogP contribution in [0.25, 0.3) is 61.3 Å². The summed E-state index contributed by atoms with van der Waals surface area (Å²) in [6.07, 6.45) is 3.61. The Bertz CT molecular complexity index is 2220. The fourth-order valence-corrected chi connectivity index (χ4v) is 5.35. The van der Waals surface area contributed by atoms with E-state index in [1.165, 1.54) is 12.1 Å². The third-order valence-electron chi connectivity index (χ3n) is 7.59. The average molecular weight is 781 g/mol. The average Bonchev–Trinajstić information content (AvgIpc) is 3.63. The van der Waals surface area contributed by atoms with Crippen LogP contribution in [0.15, 0.2) is 126 Å². The van der Waals surface area contributed by atoms with Gasteiger partial charge < -0.3 is 14.0 Å². The number of benzene rings is 4. The number of nitrogens with zero attached hydrogens (tertiary/aromatic N) is 4. The van der Waals surface area contributed by atoms with Crippen LogP contribution in [-0.2, 0) is 25.5 Å². The molecule has 1 radical (unpaired) electrons. The molecule has 8 aromatic rings. The van der Waals surface area contributed by atoms with Gasteiger partial charge in [0, 0.05) is 54.6 Å². The Labute approximate surface area is 280 Å². The van der Waals surface area contributed by atoms with Crippen molar-refractivity contribution in [3.63, 3.8) is 0 Å². The van der Waals surface area contributed by atoms with Crippen LogP contribution in [0.5, 0.6) is 0 Å². The summed E-state index contributed by atoms with van der Waals surface area (Å²) in [4.78, 5) is 13.8.